The zero-order chi connectivity index (χ0) is 11.8. The molecular weight excluding hydrogens is 434 g/mol. The number of rotatable bonds is 1. The molecule has 93 valence electrons. The van der Waals surface area contributed by atoms with Crippen molar-refractivity contribution in [2.24, 2.45) is 0 Å². The van der Waals surface area contributed by atoms with E-state index in [9.17, 15) is 8.78 Å². The van der Waals surface area contributed by atoms with Crippen LogP contribution in [0.25, 0.3) is 21.5 Å². The quantitative estimate of drug-likeness (QED) is 0.543. The standard InChI is InChI=1S/C12H5F2N2S.Ir/c13-9-3-1-2-7(10(9)14)11-8-4-5-17-12(8)16-6-15-11;/h1,3-6H;/q-1;. The molecule has 0 aliphatic carbocycles. The van der Waals surface area contributed by atoms with Crippen LogP contribution in [-0.2, 0) is 20.1 Å². The molecular formula is C12H5F2IrN2S-. The Balaban J connectivity index is 0.00000120. The Morgan fingerprint density at radius 2 is 2.00 bits per heavy atom. The molecule has 0 aliphatic rings. The Morgan fingerprint density at radius 1 is 1.17 bits per heavy atom. The van der Waals surface area contributed by atoms with E-state index in [0.29, 0.717) is 11.1 Å². The van der Waals surface area contributed by atoms with Crippen molar-refractivity contribution in [3.63, 3.8) is 0 Å². The summed E-state index contributed by atoms with van der Waals surface area (Å²) < 4.78 is 26.8. The third-order valence-corrected chi connectivity index (χ3v) is 3.21. The van der Waals surface area contributed by atoms with Gasteiger partial charge >= 0.3 is 0 Å². The number of nitrogens with zero attached hydrogens (tertiary/aromatic N) is 2. The van der Waals surface area contributed by atoms with E-state index in [1.54, 1.807) is 6.07 Å². The largest absolute Gasteiger partial charge is 0.285 e. The molecule has 0 saturated carbocycles. The number of benzene rings is 1. The smallest absolute Gasteiger partial charge is 0.117 e. The van der Waals surface area contributed by atoms with Crippen molar-refractivity contribution in [1.29, 1.82) is 0 Å². The van der Waals surface area contributed by atoms with E-state index in [1.807, 2.05) is 5.38 Å². The molecule has 0 amide bonds. The third-order valence-electron chi connectivity index (χ3n) is 2.39. The van der Waals surface area contributed by atoms with Gasteiger partial charge in [0.15, 0.2) is 0 Å². The predicted octanol–water partition coefficient (Wildman–Crippen LogP) is 3.43. The summed E-state index contributed by atoms with van der Waals surface area (Å²) in [5.41, 5.74) is 0.407. The maximum atomic E-state index is 13.7. The molecule has 2 aromatic heterocycles. The molecule has 3 aromatic rings. The van der Waals surface area contributed by atoms with Crippen LogP contribution in [0, 0.1) is 17.7 Å². The average Bonchev–Trinajstić information content (AvgIpc) is 2.81. The van der Waals surface area contributed by atoms with Crippen molar-refractivity contribution < 1.29 is 28.9 Å². The van der Waals surface area contributed by atoms with Gasteiger partial charge in [0.2, 0.25) is 0 Å². The van der Waals surface area contributed by atoms with Crippen LogP contribution >= 0.6 is 11.3 Å². The molecule has 2 heterocycles. The van der Waals surface area contributed by atoms with Crippen LogP contribution in [0.3, 0.4) is 0 Å². The van der Waals surface area contributed by atoms with Gasteiger partial charge in [-0.1, -0.05) is 5.56 Å². The second-order valence-electron chi connectivity index (χ2n) is 3.38. The number of aromatic nitrogens is 2. The first-order valence-corrected chi connectivity index (χ1v) is 5.69. The monoisotopic (exact) mass is 440 g/mol. The molecule has 18 heavy (non-hydrogen) atoms. The van der Waals surface area contributed by atoms with Gasteiger partial charge in [0.05, 0.1) is 11.6 Å². The first-order chi connectivity index (χ1) is 8.27. The molecule has 0 aliphatic heterocycles. The van der Waals surface area contributed by atoms with Gasteiger partial charge in [0.1, 0.15) is 11.2 Å². The van der Waals surface area contributed by atoms with Crippen molar-refractivity contribution in [1.82, 2.24) is 9.97 Å². The first-order valence-electron chi connectivity index (χ1n) is 4.81. The Hall–Kier alpha value is -1.23. The van der Waals surface area contributed by atoms with Gasteiger partial charge in [-0.05, 0) is 16.8 Å². The second-order valence-corrected chi connectivity index (χ2v) is 4.27. The average molecular weight is 439 g/mol. The van der Waals surface area contributed by atoms with Crippen molar-refractivity contribution in [3.8, 4) is 11.3 Å². The van der Waals surface area contributed by atoms with Gasteiger partial charge in [-0.25, -0.2) is 9.37 Å². The Kier molecular flexibility index (Phi) is 3.80. The molecule has 1 radical (unpaired) electrons. The molecule has 0 atom stereocenters. The molecule has 0 fully saturated rings. The number of thiophene rings is 1. The molecule has 0 saturated heterocycles. The zero-order valence-corrected chi connectivity index (χ0v) is 12.0. The van der Waals surface area contributed by atoms with Crippen molar-refractivity contribution >= 4 is 21.6 Å². The summed E-state index contributed by atoms with van der Waals surface area (Å²) in [5.74, 6) is -1.83. The normalized spacial score (nSPS) is 10.3. The van der Waals surface area contributed by atoms with Gasteiger partial charge in [-0.2, -0.15) is 0 Å². The van der Waals surface area contributed by atoms with E-state index in [2.05, 4.69) is 16.0 Å². The molecule has 0 unspecified atom stereocenters. The molecule has 0 spiro atoms. The minimum absolute atomic E-state index is 0. The molecule has 2 nitrogen and oxygen atoms in total. The SMILES string of the molecule is Fc1cc[c-]c(-c2ncnc3sccc23)c1F.[Ir]. The Morgan fingerprint density at radius 3 is 2.83 bits per heavy atom. The summed E-state index contributed by atoms with van der Waals surface area (Å²) >= 11 is 1.43. The van der Waals surface area contributed by atoms with Crippen molar-refractivity contribution in [3.05, 3.63) is 47.6 Å². The number of hydrogen-bond donors (Lipinski definition) is 0. The third kappa shape index (κ3) is 2.07. The molecule has 0 bridgehead atoms. The van der Waals surface area contributed by atoms with Crippen LogP contribution in [-0.4, -0.2) is 9.97 Å². The van der Waals surface area contributed by atoms with Gasteiger partial charge < -0.3 is 0 Å². The molecule has 3 rings (SSSR count). The summed E-state index contributed by atoms with van der Waals surface area (Å²) in [6, 6.07) is 6.83. The zero-order valence-electron chi connectivity index (χ0n) is 8.78. The van der Waals surface area contributed by atoms with E-state index in [4.69, 9.17) is 0 Å². The fourth-order valence-electron chi connectivity index (χ4n) is 1.62. The van der Waals surface area contributed by atoms with Crippen molar-refractivity contribution in [2.45, 2.75) is 0 Å². The van der Waals surface area contributed by atoms with Gasteiger partial charge in [0.25, 0.3) is 0 Å². The summed E-state index contributed by atoms with van der Waals surface area (Å²) in [4.78, 5) is 8.81. The van der Waals surface area contributed by atoms with Crippen LogP contribution in [0.5, 0.6) is 0 Å². The fraction of sp³-hybridized carbons (Fsp3) is 0. The topological polar surface area (TPSA) is 25.8 Å². The molecule has 1 aromatic carbocycles. The Labute approximate surface area is 119 Å². The van der Waals surface area contributed by atoms with Gasteiger partial charge in [-0.3, -0.25) is 9.37 Å². The summed E-state index contributed by atoms with van der Waals surface area (Å²) in [6.45, 7) is 0. The van der Waals surface area contributed by atoms with Crippen LogP contribution in [0.15, 0.2) is 29.9 Å². The minimum atomic E-state index is -0.932. The number of hydrogen-bond acceptors (Lipinski definition) is 3. The second kappa shape index (κ2) is 5.18. The summed E-state index contributed by atoms with van der Waals surface area (Å²) in [6.07, 6.45) is 1.34. The minimum Gasteiger partial charge on any atom is -0.285 e. The maximum Gasteiger partial charge on any atom is 0.117 e. The van der Waals surface area contributed by atoms with E-state index >= 15 is 0 Å². The molecule has 0 N–H and O–H groups in total. The maximum absolute atomic E-state index is 13.7. The van der Waals surface area contributed by atoms with Crippen LogP contribution in [0.1, 0.15) is 0 Å². The predicted molar refractivity (Wildman–Crippen MR) is 61.6 cm³/mol. The first kappa shape index (κ1) is 13.2. The van der Waals surface area contributed by atoms with Gasteiger partial charge in [-0.15, -0.1) is 29.5 Å². The van der Waals surface area contributed by atoms with E-state index < -0.39 is 11.6 Å². The van der Waals surface area contributed by atoms with Crippen LogP contribution in [0.2, 0.25) is 0 Å². The van der Waals surface area contributed by atoms with Crippen LogP contribution in [0.4, 0.5) is 8.78 Å². The summed E-state index contributed by atoms with van der Waals surface area (Å²) in [7, 11) is 0. The van der Waals surface area contributed by atoms with E-state index in [1.165, 1.54) is 23.7 Å². The van der Waals surface area contributed by atoms with Crippen LogP contribution < -0.4 is 0 Å². The fourth-order valence-corrected chi connectivity index (χ4v) is 2.35. The molecule has 6 heteroatoms. The van der Waals surface area contributed by atoms with Crippen molar-refractivity contribution in [2.75, 3.05) is 0 Å². The van der Waals surface area contributed by atoms with E-state index in [-0.39, 0.29) is 25.7 Å². The Bertz CT molecular complexity index is 699. The van der Waals surface area contributed by atoms with E-state index in [0.717, 1.165) is 10.9 Å². The summed E-state index contributed by atoms with van der Waals surface area (Å²) in [5, 5.41) is 2.54. The number of fused-ring (bicyclic) bond motifs is 1. The number of halogens is 2. The van der Waals surface area contributed by atoms with Gasteiger partial charge in [0, 0.05) is 25.8 Å².